The number of nitrogens with one attached hydrogen (secondary N) is 1. The van der Waals surface area contributed by atoms with Gasteiger partial charge in [-0.1, -0.05) is 30.3 Å². The summed E-state index contributed by atoms with van der Waals surface area (Å²) in [7, 11) is -4.28. The average molecular weight is 457 g/mol. The Hall–Kier alpha value is -3.24. The molecule has 32 heavy (non-hydrogen) atoms. The van der Waals surface area contributed by atoms with E-state index in [0.717, 1.165) is 11.1 Å². The Balaban J connectivity index is 1.59. The van der Waals surface area contributed by atoms with Crippen LogP contribution in [0.3, 0.4) is 0 Å². The van der Waals surface area contributed by atoms with Crippen molar-refractivity contribution < 1.29 is 22.8 Å². The number of anilines is 1. The van der Waals surface area contributed by atoms with Gasteiger partial charge in [-0.2, -0.15) is 4.72 Å². The molecule has 0 saturated carbocycles. The molecule has 9 nitrogen and oxygen atoms in total. The number of rotatable bonds is 6. The van der Waals surface area contributed by atoms with Gasteiger partial charge in [0, 0.05) is 31.7 Å². The van der Waals surface area contributed by atoms with Gasteiger partial charge in [-0.25, -0.2) is 8.42 Å². The first-order valence-electron chi connectivity index (χ1n) is 10.3. The van der Waals surface area contributed by atoms with Crippen LogP contribution in [-0.2, 0) is 37.5 Å². The zero-order valence-corrected chi connectivity index (χ0v) is 18.4. The molecule has 10 heteroatoms. The van der Waals surface area contributed by atoms with Gasteiger partial charge in [-0.05, 0) is 42.2 Å². The van der Waals surface area contributed by atoms with Crippen molar-refractivity contribution in [2.45, 2.75) is 43.8 Å². The topological polar surface area (TPSA) is 130 Å². The highest BCUT2D eigenvalue weighted by Crippen LogP contribution is 2.30. The van der Waals surface area contributed by atoms with Crippen LogP contribution in [-0.4, -0.2) is 43.6 Å². The van der Waals surface area contributed by atoms with E-state index in [4.69, 9.17) is 5.73 Å². The lowest BCUT2D eigenvalue weighted by atomic mass is 10.1. The first-order valence-corrected chi connectivity index (χ1v) is 11.7. The van der Waals surface area contributed by atoms with Crippen molar-refractivity contribution in [3.63, 3.8) is 0 Å². The summed E-state index contributed by atoms with van der Waals surface area (Å²) in [5.41, 5.74) is 8.14. The maximum absolute atomic E-state index is 13.2. The van der Waals surface area contributed by atoms with Gasteiger partial charge in [0.1, 0.15) is 0 Å². The zero-order chi connectivity index (χ0) is 23.0. The number of carbonyl (C=O) groups is 3. The molecule has 1 atom stereocenters. The number of amides is 3. The Morgan fingerprint density at radius 1 is 1.06 bits per heavy atom. The second-order valence-corrected chi connectivity index (χ2v) is 9.65. The molecule has 4 rings (SSSR count). The van der Waals surface area contributed by atoms with E-state index in [2.05, 4.69) is 4.72 Å². The van der Waals surface area contributed by atoms with Crippen molar-refractivity contribution in [1.82, 2.24) is 9.62 Å². The lowest BCUT2D eigenvalue weighted by Gasteiger charge is -2.23. The van der Waals surface area contributed by atoms with E-state index in [1.807, 2.05) is 24.3 Å². The maximum Gasteiger partial charge on any atom is 0.251 e. The Morgan fingerprint density at radius 3 is 2.28 bits per heavy atom. The normalized spacial score (nSPS) is 16.8. The molecule has 0 bridgehead atoms. The largest absolute Gasteiger partial charge is 0.368 e. The fourth-order valence-corrected chi connectivity index (χ4v) is 5.63. The molecule has 2 aromatic carbocycles. The van der Waals surface area contributed by atoms with E-state index < -0.39 is 27.9 Å². The molecule has 2 aromatic rings. The van der Waals surface area contributed by atoms with Crippen molar-refractivity contribution in [3.05, 3.63) is 59.2 Å². The molecule has 2 aliphatic heterocycles. The lowest BCUT2D eigenvalue weighted by Crippen LogP contribution is -2.54. The smallest absolute Gasteiger partial charge is 0.251 e. The fourth-order valence-electron chi connectivity index (χ4n) is 4.21. The minimum Gasteiger partial charge on any atom is -0.368 e. The lowest BCUT2D eigenvalue weighted by molar-refractivity contribution is -0.138. The van der Waals surface area contributed by atoms with Crippen LogP contribution >= 0.6 is 0 Å². The predicted octanol–water partition coefficient (Wildman–Crippen LogP) is 0.796. The molecule has 0 spiro atoms. The van der Waals surface area contributed by atoms with E-state index in [0.29, 0.717) is 30.6 Å². The molecule has 2 aliphatic rings. The van der Waals surface area contributed by atoms with Crippen molar-refractivity contribution in [2.24, 2.45) is 5.73 Å². The molecule has 0 unspecified atom stereocenters. The van der Waals surface area contributed by atoms with Crippen LogP contribution < -0.4 is 15.4 Å². The third-order valence-electron chi connectivity index (χ3n) is 5.87. The zero-order valence-electron chi connectivity index (χ0n) is 17.6. The molecule has 0 radical (unpaired) electrons. The van der Waals surface area contributed by atoms with Gasteiger partial charge in [0.05, 0.1) is 4.90 Å². The first kappa shape index (κ1) is 22.0. The highest BCUT2D eigenvalue weighted by atomic mass is 32.2. The number of hydrogen-bond acceptors (Lipinski definition) is 5. The Bertz CT molecular complexity index is 1190. The molecule has 3 amide bonds. The summed E-state index contributed by atoms with van der Waals surface area (Å²) in [5.74, 6) is -1.87. The summed E-state index contributed by atoms with van der Waals surface area (Å²) >= 11 is 0. The number of fused-ring (bicyclic) bond motifs is 1. The van der Waals surface area contributed by atoms with Gasteiger partial charge in [0.15, 0.2) is 6.04 Å². The minimum absolute atomic E-state index is 0.0746. The number of nitrogens with zero attached hydrogens (tertiary/aromatic N) is 2. The first-order chi connectivity index (χ1) is 15.2. The molecule has 0 aromatic heterocycles. The quantitative estimate of drug-likeness (QED) is 0.621. The van der Waals surface area contributed by atoms with Crippen LogP contribution in [0.15, 0.2) is 47.4 Å². The number of primary amides is 1. The maximum atomic E-state index is 13.2. The number of nitrogens with two attached hydrogens (primary N) is 1. The Kier molecular flexibility index (Phi) is 5.74. The summed E-state index contributed by atoms with van der Waals surface area (Å²) in [5, 5.41) is 0. The second kappa shape index (κ2) is 8.36. The van der Waals surface area contributed by atoms with E-state index in [9.17, 15) is 22.8 Å². The highest BCUT2D eigenvalue weighted by Gasteiger charge is 2.36. The second-order valence-electron chi connectivity index (χ2n) is 7.97. The van der Waals surface area contributed by atoms with E-state index >= 15 is 0 Å². The van der Waals surface area contributed by atoms with Gasteiger partial charge >= 0.3 is 0 Å². The summed E-state index contributed by atoms with van der Waals surface area (Å²) in [6, 6.07) is 10.3. The van der Waals surface area contributed by atoms with Gasteiger partial charge < -0.3 is 15.5 Å². The molecule has 0 aliphatic carbocycles. The summed E-state index contributed by atoms with van der Waals surface area (Å²) < 4.78 is 28.5. The monoisotopic (exact) mass is 456 g/mol. The van der Waals surface area contributed by atoms with Crippen molar-refractivity contribution in [3.8, 4) is 0 Å². The van der Waals surface area contributed by atoms with Gasteiger partial charge in [-0.3, -0.25) is 14.4 Å². The molecule has 1 fully saturated rings. The van der Waals surface area contributed by atoms with Crippen LogP contribution in [0, 0.1) is 6.92 Å². The van der Waals surface area contributed by atoms with E-state index in [-0.39, 0.29) is 23.9 Å². The van der Waals surface area contributed by atoms with Crippen molar-refractivity contribution in [1.29, 1.82) is 0 Å². The summed E-state index contributed by atoms with van der Waals surface area (Å²) in [6.07, 6.45) is 1.11. The predicted molar refractivity (Wildman–Crippen MR) is 117 cm³/mol. The van der Waals surface area contributed by atoms with Gasteiger partial charge in [0.2, 0.25) is 21.8 Å². The van der Waals surface area contributed by atoms with Crippen LogP contribution in [0.4, 0.5) is 5.69 Å². The number of sulfonamides is 1. The van der Waals surface area contributed by atoms with Crippen molar-refractivity contribution >= 4 is 33.4 Å². The van der Waals surface area contributed by atoms with Gasteiger partial charge in [-0.15, -0.1) is 0 Å². The third kappa shape index (κ3) is 3.98. The van der Waals surface area contributed by atoms with Crippen molar-refractivity contribution in [2.75, 3.05) is 11.4 Å². The molecule has 1 saturated heterocycles. The van der Waals surface area contributed by atoms with Gasteiger partial charge in [0.25, 0.3) is 5.91 Å². The van der Waals surface area contributed by atoms with Crippen LogP contribution in [0.25, 0.3) is 0 Å². The number of hydrogen-bond donors (Lipinski definition) is 2. The van der Waals surface area contributed by atoms with E-state index in [1.54, 1.807) is 17.9 Å². The molecule has 168 valence electrons. The van der Waals surface area contributed by atoms with Crippen LogP contribution in [0.2, 0.25) is 0 Å². The third-order valence-corrected chi connectivity index (χ3v) is 7.43. The number of carbonyl (C=O) groups excluding carboxylic acids is 3. The Morgan fingerprint density at radius 2 is 1.72 bits per heavy atom. The molecular formula is C22H24N4O5S. The molecule has 3 N–H and O–H groups in total. The summed E-state index contributed by atoms with van der Waals surface area (Å²) in [4.78, 5) is 40.1. The highest BCUT2D eigenvalue weighted by molar-refractivity contribution is 7.89. The Labute approximate surface area is 186 Å². The number of benzene rings is 2. The molecule has 2 heterocycles. The standard InChI is InChI=1S/C22H24N4O5S/c1-14-17(26-11-5-10-19(26)27)8-4-9-18(14)32(30,31)24-20(21(23)28)22(29)25-12-15-6-2-3-7-16(15)13-25/h2-4,6-9,20,24H,5,10-13H2,1H3,(H2,23,28)/t20-/m0/s1. The van der Waals surface area contributed by atoms with Crippen LogP contribution in [0.5, 0.6) is 0 Å². The minimum atomic E-state index is -4.28. The van der Waals surface area contributed by atoms with Crippen LogP contribution in [0.1, 0.15) is 29.5 Å². The van der Waals surface area contributed by atoms with E-state index in [1.165, 1.54) is 17.0 Å². The summed E-state index contributed by atoms with van der Waals surface area (Å²) in [6.45, 7) is 2.64. The SMILES string of the molecule is Cc1c(N2CCCC2=O)cccc1S(=O)(=O)N[C@@H](C(N)=O)C(=O)N1Cc2ccccc2C1. The fraction of sp³-hybridized carbons (Fsp3) is 0.318. The molecular weight excluding hydrogens is 432 g/mol. The average Bonchev–Trinajstić information content (AvgIpc) is 3.37.